The smallest absolute Gasteiger partial charge is 0.309 e. The summed E-state index contributed by atoms with van der Waals surface area (Å²) >= 11 is 0. The Hall–Kier alpha value is -3.02. The molecule has 256 valence electrons. The maximum Gasteiger partial charge on any atom is 0.309 e. The SMILES string of the molecule is CC(CC(C)(C)C(=O)N[C@@H](N)N1CCC(CNC(=O)[C@@H]2CCCN2C(=O)[C@H](N)Cc2ccccc2)CC1)OC(=O)C1CCCCC1. The minimum absolute atomic E-state index is 0.0199. The third kappa shape index (κ3) is 9.99. The van der Waals surface area contributed by atoms with E-state index in [4.69, 9.17) is 16.2 Å². The molecule has 1 aliphatic carbocycles. The molecule has 0 aromatic heterocycles. The topological polar surface area (TPSA) is 160 Å². The standard InChI is InChI=1S/C35H56N6O5/c1-24(46-32(44)27-13-8-5-9-14-27)22-35(2,3)33(45)39-34(37)40-19-16-26(17-20-40)23-38-30(42)29-15-10-18-41(29)31(43)28(36)21-25-11-6-4-7-12-25/h4,6-7,11-12,24,26-29,34H,5,8-10,13-23,36-37H2,1-3H3,(H,38,42)(H,39,45)/t24?,28-,29+,34-/m1/s1. The molecule has 0 bridgehead atoms. The number of ether oxygens (including phenoxy) is 1. The fourth-order valence-electron chi connectivity index (χ4n) is 7.18. The highest BCUT2D eigenvalue weighted by Gasteiger charge is 2.37. The Bertz CT molecular complexity index is 1170. The van der Waals surface area contributed by atoms with Gasteiger partial charge in [0, 0.05) is 31.6 Å². The van der Waals surface area contributed by atoms with Crippen LogP contribution in [0.2, 0.25) is 0 Å². The molecular formula is C35H56N6O5. The van der Waals surface area contributed by atoms with Gasteiger partial charge in [-0.3, -0.25) is 29.8 Å². The van der Waals surface area contributed by atoms with Crippen LogP contribution < -0.4 is 22.1 Å². The van der Waals surface area contributed by atoms with E-state index in [0.717, 1.165) is 50.5 Å². The molecule has 6 N–H and O–H groups in total. The van der Waals surface area contributed by atoms with E-state index < -0.39 is 23.8 Å². The molecule has 1 aromatic rings. The van der Waals surface area contributed by atoms with Gasteiger partial charge in [-0.15, -0.1) is 0 Å². The highest BCUT2D eigenvalue weighted by atomic mass is 16.5. The molecule has 0 radical (unpaired) electrons. The van der Waals surface area contributed by atoms with Gasteiger partial charge >= 0.3 is 5.97 Å². The Morgan fingerprint density at radius 3 is 2.28 bits per heavy atom. The van der Waals surface area contributed by atoms with Crippen molar-refractivity contribution in [3.8, 4) is 0 Å². The van der Waals surface area contributed by atoms with E-state index in [0.29, 0.717) is 45.4 Å². The number of likely N-dealkylation sites (tertiary alicyclic amines) is 2. The van der Waals surface area contributed by atoms with Gasteiger partial charge in [0.15, 0.2) is 0 Å². The van der Waals surface area contributed by atoms with Crippen molar-refractivity contribution in [1.29, 1.82) is 0 Å². The van der Waals surface area contributed by atoms with Gasteiger partial charge in [0.1, 0.15) is 18.4 Å². The fourth-order valence-corrected chi connectivity index (χ4v) is 7.18. The molecule has 46 heavy (non-hydrogen) atoms. The number of nitrogens with zero attached hydrogens (tertiary/aromatic N) is 2. The third-order valence-corrected chi connectivity index (χ3v) is 10.0. The summed E-state index contributed by atoms with van der Waals surface area (Å²) in [7, 11) is 0. The van der Waals surface area contributed by atoms with Crippen LogP contribution in [-0.4, -0.2) is 84.1 Å². The van der Waals surface area contributed by atoms with Crippen molar-refractivity contribution < 1.29 is 23.9 Å². The van der Waals surface area contributed by atoms with Crippen molar-refractivity contribution in [2.75, 3.05) is 26.2 Å². The zero-order chi connectivity index (χ0) is 33.3. The summed E-state index contributed by atoms with van der Waals surface area (Å²) in [5.41, 5.74) is 12.9. The number of nitrogens with one attached hydrogen (secondary N) is 2. The Morgan fingerprint density at radius 2 is 1.61 bits per heavy atom. The lowest BCUT2D eigenvalue weighted by molar-refractivity contribution is -0.157. The molecular weight excluding hydrogens is 584 g/mol. The lowest BCUT2D eigenvalue weighted by Crippen LogP contribution is -2.59. The number of nitrogens with two attached hydrogens (primary N) is 2. The molecule has 1 aromatic carbocycles. The number of esters is 1. The number of hydrogen-bond donors (Lipinski definition) is 4. The Balaban J connectivity index is 1.16. The van der Waals surface area contributed by atoms with E-state index in [1.165, 1.54) is 6.42 Å². The van der Waals surface area contributed by atoms with E-state index in [9.17, 15) is 19.2 Å². The number of piperidine rings is 1. The number of carbonyl (C=O) groups is 4. The van der Waals surface area contributed by atoms with Gasteiger partial charge < -0.3 is 26.0 Å². The van der Waals surface area contributed by atoms with Crippen LogP contribution in [-0.2, 0) is 30.3 Å². The quantitative estimate of drug-likeness (QED) is 0.189. The van der Waals surface area contributed by atoms with Gasteiger partial charge in [0.05, 0.1) is 12.0 Å². The summed E-state index contributed by atoms with van der Waals surface area (Å²) in [6.45, 7) is 8.02. The predicted molar refractivity (Wildman–Crippen MR) is 177 cm³/mol. The molecule has 11 nitrogen and oxygen atoms in total. The van der Waals surface area contributed by atoms with Crippen LogP contribution in [0.5, 0.6) is 0 Å². The molecule has 4 rings (SSSR count). The Labute approximate surface area is 274 Å². The minimum atomic E-state index is -0.756. The first kappa shape index (κ1) is 35.8. The summed E-state index contributed by atoms with van der Waals surface area (Å²) in [4.78, 5) is 55.7. The first-order valence-corrected chi connectivity index (χ1v) is 17.3. The third-order valence-electron chi connectivity index (χ3n) is 10.0. The Morgan fingerprint density at radius 1 is 0.935 bits per heavy atom. The number of hydrogen-bond acceptors (Lipinski definition) is 8. The summed E-state index contributed by atoms with van der Waals surface area (Å²) in [6, 6.07) is 8.52. The van der Waals surface area contributed by atoms with Gasteiger partial charge in [-0.05, 0) is 69.8 Å². The molecule has 1 unspecified atom stereocenters. The number of benzene rings is 1. The second kappa shape index (κ2) is 16.7. The van der Waals surface area contributed by atoms with Crippen molar-refractivity contribution in [2.24, 2.45) is 28.7 Å². The predicted octanol–water partition coefficient (Wildman–Crippen LogP) is 2.66. The van der Waals surface area contributed by atoms with Crippen molar-refractivity contribution in [3.05, 3.63) is 35.9 Å². The second-order valence-electron chi connectivity index (χ2n) is 14.3. The van der Waals surface area contributed by atoms with Crippen molar-refractivity contribution >= 4 is 23.7 Å². The molecule has 3 aliphatic rings. The molecule has 1 saturated carbocycles. The van der Waals surface area contributed by atoms with E-state index in [-0.39, 0.29) is 41.6 Å². The average molecular weight is 641 g/mol. The fraction of sp³-hybridized carbons (Fsp3) is 0.714. The maximum atomic E-state index is 13.2. The highest BCUT2D eigenvalue weighted by molar-refractivity contribution is 5.90. The van der Waals surface area contributed by atoms with Gasteiger partial charge in [0.2, 0.25) is 17.7 Å². The molecule has 2 saturated heterocycles. The average Bonchev–Trinajstić information content (AvgIpc) is 3.54. The number of carbonyl (C=O) groups excluding carboxylic acids is 4. The van der Waals surface area contributed by atoms with Gasteiger partial charge in [-0.25, -0.2) is 0 Å². The van der Waals surface area contributed by atoms with Crippen LogP contribution in [0.1, 0.15) is 90.5 Å². The number of rotatable bonds is 13. The lowest BCUT2D eigenvalue weighted by atomic mass is 9.85. The zero-order valence-electron chi connectivity index (χ0n) is 28.0. The van der Waals surface area contributed by atoms with Crippen LogP contribution in [0.3, 0.4) is 0 Å². The first-order valence-electron chi connectivity index (χ1n) is 17.3. The molecule has 3 amide bonds. The monoisotopic (exact) mass is 640 g/mol. The van der Waals surface area contributed by atoms with E-state index in [2.05, 4.69) is 10.6 Å². The van der Waals surface area contributed by atoms with E-state index in [1.807, 2.05) is 56.0 Å². The highest BCUT2D eigenvalue weighted by Crippen LogP contribution is 2.28. The normalized spacial score (nSPS) is 22.1. The lowest BCUT2D eigenvalue weighted by Gasteiger charge is -2.37. The van der Waals surface area contributed by atoms with Crippen LogP contribution >= 0.6 is 0 Å². The largest absolute Gasteiger partial charge is 0.462 e. The van der Waals surface area contributed by atoms with Gasteiger partial charge in [-0.2, -0.15) is 0 Å². The zero-order valence-corrected chi connectivity index (χ0v) is 28.0. The Kier molecular flexibility index (Phi) is 13.0. The van der Waals surface area contributed by atoms with Crippen LogP contribution in [0.4, 0.5) is 0 Å². The second-order valence-corrected chi connectivity index (χ2v) is 14.3. The van der Waals surface area contributed by atoms with E-state index >= 15 is 0 Å². The molecule has 2 aliphatic heterocycles. The summed E-state index contributed by atoms with van der Waals surface area (Å²) in [6.07, 6.45) is 8.04. The van der Waals surface area contributed by atoms with Crippen LogP contribution in [0.25, 0.3) is 0 Å². The molecule has 3 fully saturated rings. The summed E-state index contributed by atoms with van der Waals surface area (Å²) in [5, 5.41) is 6.05. The first-order chi connectivity index (χ1) is 21.9. The summed E-state index contributed by atoms with van der Waals surface area (Å²) in [5.74, 6) is -0.349. The van der Waals surface area contributed by atoms with Crippen molar-refractivity contribution in [1.82, 2.24) is 20.4 Å². The molecule has 2 heterocycles. The minimum Gasteiger partial charge on any atom is -0.462 e. The van der Waals surface area contributed by atoms with E-state index in [1.54, 1.807) is 4.90 Å². The molecule has 4 atom stereocenters. The van der Waals surface area contributed by atoms with Crippen molar-refractivity contribution in [3.63, 3.8) is 0 Å². The van der Waals surface area contributed by atoms with Crippen LogP contribution in [0, 0.1) is 17.3 Å². The van der Waals surface area contributed by atoms with Gasteiger partial charge in [-0.1, -0.05) is 63.4 Å². The van der Waals surface area contributed by atoms with Crippen molar-refractivity contribution in [2.45, 2.75) is 116 Å². The summed E-state index contributed by atoms with van der Waals surface area (Å²) < 4.78 is 5.72. The maximum absolute atomic E-state index is 13.2. The van der Waals surface area contributed by atoms with Crippen LogP contribution in [0.15, 0.2) is 30.3 Å². The molecule has 0 spiro atoms. The molecule has 11 heteroatoms. The number of amides is 3. The van der Waals surface area contributed by atoms with Gasteiger partial charge in [0.25, 0.3) is 0 Å².